The van der Waals surface area contributed by atoms with Crippen molar-refractivity contribution >= 4 is 23.4 Å². The highest BCUT2D eigenvalue weighted by molar-refractivity contribution is 6.30. The summed E-state index contributed by atoms with van der Waals surface area (Å²) in [5, 5.41) is 0.794. The van der Waals surface area contributed by atoms with Gasteiger partial charge in [0.25, 0.3) is 0 Å². The van der Waals surface area contributed by atoms with Gasteiger partial charge < -0.3 is 9.64 Å². The molecule has 0 N–H and O–H groups in total. The smallest absolute Gasteiger partial charge is 0.229 e. The minimum absolute atomic E-state index is 0.00488. The van der Waals surface area contributed by atoms with Gasteiger partial charge in [-0.15, -0.1) is 0 Å². The molecule has 6 heteroatoms. The average molecular weight is 445 g/mol. The molecule has 5 rings (SSSR count). The number of piperidine rings is 1. The first-order valence-corrected chi connectivity index (χ1v) is 12.3. The standard InChI is InChI=1S/C25H33ClN2O3/c1-31-24-18-7-6-17(26)12-19(18)20-15-27(16-21(20)24)10-4-5-11-28-22(29)13-25(14-23(28)30)8-2-3-9-25/h6-7,12,20-21,24H,2-5,8-11,13-16H2,1H3. The highest BCUT2D eigenvalue weighted by atomic mass is 35.5. The van der Waals surface area contributed by atoms with Gasteiger partial charge >= 0.3 is 0 Å². The second kappa shape index (κ2) is 8.49. The molecule has 2 saturated heterocycles. The molecule has 1 aromatic carbocycles. The van der Waals surface area contributed by atoms with Crippen molar-refractivity contribution in [3.63, 3.8) is 0 Å². The van der Waals surface area contributed by atoms with Crippen molar-refractivity contribution in [2.45, 2.75) is 63.4 Å². The number of unbranched alkanes of at least 4 members (excludes halogenated alkanes) is 1. The molecule has 5 nitrogen and oxygen atoms in total. The van der Waals surface area contributed by atoms with Gasteiger partial charge in [-0.25, -0.2) is 0 Å². The molecule has 3 fully saturated rings. The summed E-state index contributed by atoms with van der Waals surface area (Å²) >= 11 is 6.27. The highest BCUT2D eigenvalue weighted by Crippen LogP contribution is 2.51. The van der Waals surface area contributed by atoms with E-state index in [9.17, 15) is 9.59 Å². The number of methoxy groups -OCH3 is 1. The number of likely N-dealkylation sites (tertiary alicyclic amines) is 2. The van der Waals surface area contributed by atoms with Crippen LogP contribution in [-0.2, 0) is 14.3 Å². The van der Waals surface area contributed by atoms with Crippen LogP contribution in [0.1, 0.15) is 74.5 Å². The third-order valence-corrected chi connectivity index (χ3v) is 8.50. The number of carbonyl (C=O) groups excluding carboxylic acids is 2. The number of fused-ring (bicyclic) bond motifs is 3. The van der Waals surface area contributed by atoms with Crippen LogP contribution in [0, 0.1) is 11.3 Å². The minimum Gasteiger partial charge on any atom is -0.376 e. The second-order valence-electron chi connectivity index (χ2n) is 10.2. The molecular formula is C25H33ClN2O3. The van der Waals surface area contributed by atoms with Crippen LogP contribution in [0.5, 0.6) is 0 Å². The van der Waals surface area contributed by atoms with Crippen molar-refractivity contribution in [1.29, 1.82) is 0 Å². The highest BCUT2D eigenvalue weighted by Gasteiger charge is 2.47. The van der Waals surface area contributed by atoms with Gasteiger partial charge in [0.15, 0.2) is 0 Å². The largest absolute Gasteiger partial charge is 0.376 e. The lowest BCUT2D eigenvalue weighted by Gasteiger charge is -2.37. The number of hydrogen-bond donors (Lipinski definition) is 0. The predicted molar refractivity (Wildman–Crippen MR) is 120 cm³/mol. The van der Waals surface area contributed by atoms with E-state index in [2.05, 4.69) is 17.0 Å². The Morgan fingerprint density at radius 3 is 2.45 bits per heavy atom. The molecule has 168 valence electrons. The summed E-state index contributed by atoms with van der Waals surface area (Å²) in [5.41, 5.74) is 2.63. The molecule has 0 bridgehead atoms. The van der Waals surface area contributed by atoms with Gasteiger partial charge in [0.2, 0.25) is 11.8 Å². The van der Waals surface area contributed by atoms with Crippen LogP contribution in [0.15, 0.2) is 18.2 Å². The number of ether oxygens (including phenoxy) is 1. The van der Waals surface area contributed by atoms with Gasteiger partial charge in [0.05, 0.1) is 6.10 Å². The number of halogens is 1. The summed E-state index contributed by atoms with van der Waals surface area (Å²) in [6.07, 6.45) is 7.61. The molecule has 2 aliphatic carbocycles. The maximum Gasteiger partial charge on any atom is 0.229 e. The van der Waals surface area contributed by atoms with Crippen LogP contribution in [0.3, 0.4) is 0 Å². The van der Waals surface area contributed by atoms with Crippen molar-refractivity contribution in [3.8, 4) is 0 Å². The Labute approximate surface area is 190 Å². The fraction of sp³-hybridized carbons (Fsp3) is 0.680. The number of nitrogens with zero attached hydrogens (tertiary/aromatic N) is 2. The van der Waals surface area contributed by atoms with E-state index in [1.807, 2.05) is 6.07 Å². The molecule has 31 heavy (non-hydrogen) atoms. The summed E-state index contributed by atoms with van der Waals surface area (Å²) in [6, 6.07) is 6.20. The third-order valence-electron chi connectivity index (χ3n) is 8.26. The van der Waals surface area contributed by atoms with E-state index in [0.717, 1.165) is 50.3 Å². The van der Waals surface area contributed by atoms with Gasteiger partial charge in [-0.05, 0) is 60.9 Å². The Morgan fingerprint density at radius 2 is 1.74 bits per heavy atom. The Morgan fingerprint density at radius 1 is 1.03 bits per heavy atom. The number of carbonyl (C=O) groups is 2. The first-order chi connectivity index (χ1) is 15.0. The molecule has 1 aromatic rings. The summed E-state index contributed by atoms with van der Waals surface area (Å²) in [7, 11) is 1.80. The molecule has 3 atom stereocenters. The van der Waals surface area contributed by atoms with E-state index in [4.69, 9.17) is 16.3 Å². The zero-order valence-electron chi connectivity index (χ0n) is 18.4. The van der Waals surface area contributed by atoms with Gasteiger partial charge in [-0.3, -0.25) is 14.5 Å². The van der Waals surface area contributed by atoms with Crippen molar-refractivity contribution in [2.24, 2.45) is 11.3 Å². The van der Waals surface area contributed by atoms with E-state index in [1.54, 1.807) is 12.0 Å². The van der Waals surface area contributed by atoms with E-state index >= 15 is 0 Å². The second-order valence-corrected chi connectivity index (χ2v) is 10.6. The molecular weight excluding hydrogens is 412 g/mol. The number of imide groups is 1. The van der Waals surface area contributed by atoms with Gasteiger partial charge in [0, 0.05) is 56.4 Å². The molecule has 3 unspecified atom stereocenters. The maximum absolute atomic E-state index is 12.6. The van der Waals surface area contributed by atoms with Crippen LogP contribution in [0.2, 0.25) is 5.02 Å². The minimum atomic E-state index is -0.00488. The van der Waals surface area contributed by atoms with E-state index < -0.39 is 0 Å². The fourth-order valence-electron chi connectivity index (χ4n) is 6.76. The SMILES string of the molecule is COC1c2ccc(Cl)cc2C2CN(CCCCN3C(=O)CC4(CCCC4)CC3=O)CC21. The quantitative estimate of drug-likeness (QED) is 0.477. The number of hydrogen-bond acceptors (Lipinski definition) is 4. The van der Waals surface area contributed by atoms with Crippen molar-refractivity contribution in [1.82, 2.24) is 9.80 Å². The lowest BCUT2D eigenvalue weighted by Crippen LogP contribution is -2.47. The Hall–Kier alpha value is -1.43. The summed E-state index contributed by atoms with van der Waals surface area (Å²) in [6.45, 7) is 3.63. The summed E-state index contributed by atoms with van der Waals surface area (Å²) in [4.78, 5) is 29.3. The van der Waals surface area contributed by atoms with Gasteiger partial charge in [-0.2, -0.15) is 0 Å². The summed E-state index contributed by atoms with van der Waals surface area (Å²) < 4.78 is 5.86. The molecule has 1 spiro atoms. The van der Waals surface area contributed by atoms with E-state index in [1.165, 1.54) is 24.0 Å². The predicted octanol–water partition coefficient (Wildman–Crippen LogP) is 4.55. The molecule has 1 saturated carbocycles. The first kappa shape index (κ1) is 21.4. The van der Waals surface area contributed by atoms with Crippen molar-refractivity contribution < 1.29 is 14.3 Å². The molecule has 2 aliphatic heterocycles. The Balaban J connectivity index is 1.12. The average Bonchev–Trinajstić information content (AvgIpc) is 3.41. The van der Waals surface area contributed by atoms with Crippen LogP contribution in [-0.4, -0.2) is 54.9 Å². The lowest BCUT2D eigenvalue weighted by atomic mass is 9.76. The van der Waals surface area contributed by atoms with Crippen molar-refractivity contribution in [2.75, 3.05) is 33.3 Å². The van der Waals surface area contributed by atoms with E-state index in [0.29, 0.717) is 31.2 Å². The monoisotopic (exact) mass is 444 g/mol. The van der Waals surface area contributed by atoms with Crippen LogP contribution >= 0.6 is 11.6 Å². The normalized spacial score (nSPS) is 29.7. The third kappa shape index (κ3) is 3.94. The Bertz CT molecular complexity index is 846. The number of benzene rings is 1. The number of amides is 2. The zero-order valence-corrected chi connectivity index (χ0v) is 19.2. The van der Waals surface area contributed by atoms with E-state index in [-0.39, 0.29) is 23.3 Å². The summed E-state index contributed by atoms with van der Waals surface area (Å²) in [5.74, 6) is 1.08. The van der Waals surface area contributed by atoms with Gasteiger partial charge in [0.1, 0.15) is 0 Å². The molecule has 0 radical (unpaired) electrons. The zero-order chi connectivity index (χ0) is 21.6. The van der Waals surface area contributed by atoms with Crippen LogP contribution in [0.25, 0.3) is 0 Å². The molecule has 4 aliphatic rings. The Kier molecular flexibility index (Phi) is 5.87. The number of rotatable bonds is 6. The molecule has 2 heterocycles. The van der Waals surface area contributed by atoms with Crippen LogP contribution in [0.4, 0.5) is 0 Å². The van der Waals surface area contributed by atoms with Gasteiger partial charge in [-0.1, -0.05) is 30.5 Å². The lowest BCUT2D eigenvalue weighted by molar-refractivity contribution is -0.153. The molecule has 0 aromatic heterocycles. The van der Waals surface area contributed by atoms with Crippen molar-refractivity contribution in [3.05, 3.63) is 34.3 Å². The molecule has 2 amide bonds. The van der Waals surface area contributed by atoms with Crippen LogP contribution < -0.4 is 0 Å². The first-order valence-electron chi connectivity index (χ1n) is 11.9. The topological polar surface area (TPSA) is 49.9 Å². The fourth-order valence-corrected chi connectivity index (χ4v) is 6.94. The maximum atomic E-state index is 12.6.